The van der Waals surface area contributed by atoms with Gasteiger partial charge in [0.2, 0.25) is 10.0 Å². The fraction of sp³-hybridized carbons (Fsp3) is 0.100. The summed E-state index contributed by atoms with van der Waals surface area (Å²) in [5.41, 5.74) is 0.250. The minimum atomic E-state index is -4.92. The van der Waals surface area contributed by atoms with Crippen molar-refractivity contribution in [2.24, 2.45) is 5.14 Å². The van der Waals surface area contributed by atoms with E-state index in [1.54, 1.807) is 0 Å². The fourth-order valence-corrected chi connectivity index (χ4v) is 1.55. The molecule has 0 spiro atoms. The lowest BCUT2D eigenvalue weighted by atomic mass is 10.2. The first-order chi connectivity index (χ1) is 8.10. The van der Waals surface area contributed by atoms with Crippen molar-refractivity contribution in [3.8, 4) is 0 Å². The molecule has 4 nitrogen and oxygen atoms in total. The Kier molecular flexibility index (Phi) is 3.92. The van der Waals surface area contributed by atoms with Crippen molar-refractivity contribution in [3.05, 3.63) is 35.9 Å². The van der Waals surface area contributed by atoms with Crippen LogP contribution in [0.5, 0.6) is 0 Å². The molecule has 0 saturated heterocycles. The van der Waals surface area contributed by atoms with Crippen LogP contribution in [0.3, 0.4) is 0 Å². The lowest BCUT2D eigenvalue weighted by Crippen LogP contribution is -2.19. The molecule has 0 atom stereocenters. The van der Waals surface area contributed by atoms with Crippen LogP contribution in [0.1, 0.15) is 5.56 Å². The second-order valence-corrected chi connectivity index (χ2v) is 4.87. The summed E-state index contributed by atoms with van der Waals surface area (Å²) in [6.45, 7) is 0. The van der Waals surface area contributed by atoms with Crippen LogP contribution in [0, 0.1) is 0 Å². The summed E-state index contributed by atoms with van der Waals surface area (Å²) in [5, 5.41) is 4.84. The molecule has 0 radical (unpaired) electrons. The maximum absolute atomic E-state index is 11.9. The second kappa shape index (κ2) is 4.91. The van der Waals surface area contributed by atoms with Crippen LogP contribution in [0.4, 0.5) is 13.2 Å². The van der Waals surface area contributed by atoms with E-state index in [2.05, 4.69) is 0 Å². The van der Waals surface area contributed by atoms with Gasteiger partial charge >= 0.3 is 6.18 Å². The molecular weight excluding hydrogens is 271 g/mol. The van der Waals surface area contributed by atoms with Crippen molar-refractivity contribution in [1.82, 2.24) is 0 Å². The van der Waals surface area contributed by atoms with Crippen LogP contribution in [0.2, 0.25) is 0 Å². The predicted octanol–water partition coefficient (Wildman–Crippen LogP) is 1.48. The number of nitrogens with two attached hydrogens (primary N) is 1. The standard InChI is InChI=1S/C10H8F3NO3S/c11-10(12,13)9(15)6-3-7-1-4-8(5-2-7)18(14,16)17/h1-6H,(H2,14,16,17). The molecule has 0 saturated carbocycles. The molecule has 1 rings (SSSR count). The van der Waals surface area contributed by atoms with Crippen molar-refractivity contribution in [2.45, 2.75) is 11.1 Å². The molecular formula is C10H8F3NO3S. The number of ketones is 1. The Morgan fingerprint density at radius 1 is 1.17 bits per heavy atom. The first-order valence-electron chi connectivity index (χ1n) is 4.53. The van der Waals surface area contributed by atoms with E-state index in [9.17, 15) is 26.4 Å². The summed E-state index contributed by atoms with van der Waals surface area (Å²) in [6, 6.07) is 4.74. The molecule has 0 aliphatic rings. The number of rotatable bonds is 3. The molecule has 0 amide bonds. The van der Waals surface area contributed by atoms with Crippen LogP contribution in [-0.2, 0) is 14.8 Å². The Bertz CT molecular complexity index is 573. The minimum Gasteiger partial charge on any atom is -0.285 e. The minimum absolute atomic E-state index is 0.165. The highest BCUT2D eigenvalue weighted by Gasteiger charge is 2.35. The number of allylic oxidation sites excluding steroid dienone is 1. The molecule has 2 N–H and O–H groups in total. The summed E-state index contributed by atoms with van der Waals surface area (Å²) in [5.74, 6) is -1.99. The van der Waals surface area contributed by atoms with Crippen molar-refractivity contribution in [1.29, 1.82) is 0 Å². The average Bonchev–Trinajstić information content (AvgIpc) is 2.24. The maximum atomic E-state index is 11.9. The zero-order chi connectivity index (χ0) is 14.0. The number of benzene rings is 1. The number of halogens is 3. The Labute approximate surface area is 101 Å². The van der Waals surface area contributed by atoms with Crippen LogP contribution < -0.4 is 5.14 Å². The van der Waals surface area contributed by atoms with E-state index < -0.39 is 22.0 Å². The third-order valence-electron chi connectivity index (χ3n) is 1.92. The second-order valence-electron chi connectivity index (χ2n) is 3.31. The lowest BCUT2D eigenvalue weighted by Gasteiger charge is -2.00. The van der Waals surface area contributed by atoms with E-state index in [4.69, 9.17) is 5.14 Å². The number of hydrogen-bond donors (Lipinski definition) is 1. The number of hydrogen-bond acceptors (Lipinski definition) is 3. The third-order valence-corrected chi connectivity index (χ3v) is 2.84. The summed E-state index contributed by atoms with van der Waals surface area (Å²) in [7, 11) is -3.85. The van der Waals surface area contributed by atoms with Gasteiger partial charge in [-0.2, -0.15) is 13.2 Å². The molecule has 0 bridgehead atoms. The van der Waals surface area contributed by atoms with Crippen LogP contribution >= 0.6 is 0 Å². The summed E-state index contributed by atoms with van der Waals surface area (Å²) < 4.78 is 57.4. The molecule has 18 heavy (non-hydrogen) atoms. The zero-order valence-electron chi connectivity index (χ0n) is 8.81. The number of sulfonamides is 1. The summed E-state index contributed by atoms with van der Waals surface area (Å²) >= 11 is 0. The SMILES string of the molecule is NS(=O)(=O)c1ccc(C=CC(=O)C(F)(F)F)cc1. The van der Waals surface area contributed by atoms with Gasteiger partial charge in [-0.05, 0) is 23.8 Å². The van der Waals surface area contributed by atoms with Gasteiger partial charge in [0.15, 0.2) is 0 Å². The van der Waals surface area contributed by atoms with E-state index in [1.807, 2.05) is 0 Å². The Hall–Kier alpha value is -1.67. The van der Waals surface area contributed by atoms with E-state index in [0.717, 1.165) is 18.2 Å². The molecule has 0 unspecified atom stereocenters. The normalized spacial score (nSPS) is 12.9. The summed E-state index contributed by atoms with van der Waals surface area (Å²) in [4.78, 5) is 10.4. The Morgan fingerprint density at radius 3 is 2.06 bits per heavy atom. The lowest BCUT2D eigenvalue weighted by molar-refractivity contribution is -0.165. The molecule has 0 aliphatic carbocycles. The predicted molar refractivity (Wildman–Crippen MR) is 57.9 cm³/mol. The zero-order valence-corrected chi connectivity index (χ0v) is 9.62. The van der Waals surface area contributed by atoms with Gasteiger partial charge in [0, 0.05) is 0 Å². The van der Waals surface area contributed by atoms with Crippen LogP contribution in [-0.4, -0.2) is 20.4 Å². The highest BCUT2D eigenvalue weighted by Crippen LogP contribution is 2.17. The first-order valence-corrected chi connectivity index (χ1v) is 6.07. The van der Waals surface area contributed by atoms with Gasteiger partial charge in [-0.25, -0.2) is 13.6 Å². The monoisotopic (exact) mass is 279 g/mol. The highest BCUT2D eigenvalue weighted by atomic mass is 32.2. The van der Waals surface area contributed by atoms with Gasteiger partial charge in [0.25, 0.3) is 5.78 Å². The molecule has 0 aromatic heterocycles. The number of primary sulfonamides is 1. The van der Waals surface area contributed by atoms with Gasteiger partial charge in [0.05, 0.1) is 4.90 Å². The maximum Gasteiger partial charge on any atom is 0.454 e. The van der Waals surface area contributed by atoms with E-state index >= 15 is 0 Å². The van der Waals surface area contributed by atoms with Gasteiger partial charge in [-0.1, -0.05) is 18.2 Å². The fourth-order valence-electron chi connectivity index (χ4n) is 1.04. The number of alkyl halides is 3. The summed E-state index contributed by atoms with van der Waals surface area (Å²) in [6.07, 6.45) is -3.62. The molecule has 8 heteroatoms. The average molecular weight is 279 g/mol. The quantitative estimate of drug-likeness (QED) is 0.851. The van der Waals surface area contributed by atoms with Crippen molar-refractivity contribution in [2.75, 3.05) is 0 Å². The molecule has 98 valence electrons. The highest BCUT2D eigenvalue weighted by molar-refractivity contribution is 7.89. The van der Waals surface area contributed by atoms with E-state index in [-0.39, 0.29) is 10.5 Å². The molecule has 1 aromatic rings. The van der Waals surface area contributed by atoms with E-state index in [1.165, 1.54) is 12.1 Å². The topological polar surface area (TPSA) is 77.2 Å². The van der Waals surface area contributed by atoms with Gasteiger partial charge in [0.1, 0.15) is 0 Å². The van der Waals surface area contributed by atoms with Gasteiger partial charge in [-0.3, -0.25) is 4.79 Å². The molecule has 1 aromatic carbocycles. The van der Waals surface area contributed by atoms with Gasteiger partial charge in [-0.15, -0.1) is 0 Å². The van der Waals surface area contributed by atoms with Crippen molar-refractivity contribution < 1.29 is 26.4 Å². The van der Waals surface area contributed by atoms with Crippen LogP contribution in [0.15, 0.2) is 35.2 Å². The molecule has 0 heterocycles. The smallest absolute Gasteiger partial charge is 0.285 e. The first kappa shape index (κ1) is 14.4. The van der Waals surface area contributed by atoms with Gasteiger partial charge < -0.3 is 0 Å². The number of carbonyl (C=O) groups is 1. The Balaban J connectivity index is 2.89. The van der Waals surface area contributed by atoms with Crippen molar-refractivity contribution in [3.63, 3.8) is 0 Å². The largest absolute Gasteiger partial charge is 0.454 e. The van der Waals surface area contributed by atoms with Crippen LogP contribution in [0.25, 0.3) is 6.08 Å². The molecule has 0 aliphatic heterocycles. The van der Waals surface area contributed by atoms with E-state index in [0.29, 0.717) is 6.08 Å². The third kappa shape index (κ3) is 3.97. The van der Waals surface area contributed by atoms with Crippen molar-refractivity contribution >= 4 is 21.9 Å². The number of carbonyl (C=O) groups excluding carboxylic acids is 1. The Morgan fingerprint density at radius 2 is 1.67 bits per heavy atom. The molecule has 0 fully saturated rings.